The van der Waals surface area contributed by atoms with Crippen molar-refractivity contribution >= 4 is 5.69 Å². The Kier molecular flexibility index (Phi) is 3.96. The summed E-state index contributed by atoms with van der Waals surface area (Å²) in [5, 5.41) is 3.43. The molecule has 0 fully saturated rings. The molecule has 0 aliphatic heterocycles. The van der Waals surface area contributed by atoms with Gasteiger partial charge in [0.2, 0.25) is 0 Å². The van der Waals surface area contributed by atoms with E-state index < -0.39 is 0 Å². The first-order valence-electron chi connectivity index (χ1n) is 5.16. The second-order valence-corrected chi connectivity index (χ2v) is 3.73. The van der Waals surface area contributed by atoms with Crippen molar-refractivity contribution in [1.29, 1.82) is 0 Å². The number of para-hydroxylation sites is 1. The Bertz CT molecular complexity index is 281. The molecule has 0 heterocycles. The second kappa shape index (κ2) is 5.01. The summed E-state index contributed by atoms with van der Waals surface area (Å²) in [5.74, 6) is 0. The van der Waals surface area contributed by atoms with Gasteiger partial charge in [-0.25, -0.2) is 0 Å². The van der Waals surface area contributed by atoms with Gasteiger partial charge in [-0.05, 0) is 25.1 Å². The van der Waals surface area contributed by atoms with E-state index in [-0.39, 0.29) is 0 Å². The van der Waals surface area contributed by atoms with E-state index >= 15 is 0 Å². The maximum absolute atomic E-state index is 3.43. The van der Waals surface area contributed by atoms with Gasteiger partial charge >= 0.3 is 0 Å². The van der Waals surface area contributed by atoms with Crippen LogP contribution in [0, 0.1) is 0 Å². The van der Waals surface area contributed by atoms with E-state index in [1.807, 2.05) is 0 Å². The van der Waals surface area contributed by atoms with E-state index in [4.69, 9.17) is 0 Å². The van der Waals surface area contributed by atoms with E-state index in [2.05, 4.69) is 62.4 Å². The molecule has 1 aromatic carbocycles. The van der Waals surface area contributed by atoms with Gasteiger partial charge in [-0.15, -0.1) is 0 Å². The monoisotopic (exact) mass is 192 g/mol. The molecule has 0 radical (unpaired) electrons. The van der Waals surface area contributed by atoms with E-state index in [0.717, 1.165) is 6.54 Å². The lowest BCUT2D eigenvalue weighted by atomic mass is 10.1. The molecule has 14 heavy (non-hydrogen) atoms. The highest BCUT2D eigenvalue weighted by Gasteiger charge is 2.09. The Balaban J connectivity index is 2.94. The zero-order valence-electron chi connectivity index (χ0n) is 9.54. The number of hydrogen-bond acceptors (Lipinski definition) is 2. The molecule has 78 valence electrons. The fourth-order valence-electron chi connectivity index (χ4n) is 1.68. The number of anilines is 1. The average Bonchev–Trinajstić information content (AvgIpc) is 2.18. The maximum atomic E-state index is 3.43. The molecule has 1 aromatic rings. The van der Waals surface area contributed by atoms with Crippen LogP contribution >= 0.6 is 0 Å². The smallest absolute Gasteiger partial charge is 0.0409 e. The average molecular weight is 192 g/mol. The minimum Gasteiger partial charge on any atom is -0.377 e. The molecule has 0 aliphatic rings. The minimum atomic E-state index is 0.415. The Morgan fingerprint density at radius 2 is 1.93 bits per heavy atom. The Labute approximate surface area is 86.9 Å². The maximum Gasteiger partial charge on any atom is 0.0409 e. The largest absolute Gasteiger partial charge is 0.377 e. The standard InChI is InChI=1S/C12H20N2/c1-5-13-10(2)11-8-6-7-9-12(11)14(3)4/h6-10,13H,5H2,1-4H3. The van der Waals surface area contributed by atoms with Gasteiger partial charge in [0, 0.05) is 25.8 Å². The Hall–Kier alpha value is -1.02. The van der Waals surface area contributed by atoms with Crippen molar-refractivity contribution in [3.05, 3.63) is 29.8 Å². The zero-order valence-corrected chi connectivity index (χ0v) is 9.54. The lowest BCUT2D eigenvalue weighted by Crippen LogP contribution is -2.21. The van der Waals surface area contributed by atoms with Gasteiger partial charge in [0.1, 0.15) is 0 Å². The van der Waals surface area contributed by atoms with Crippen LogP contribution in [0.4, 0.5) is 5.69 Å². The number of benzene rings is 1. The summed E-state index contributed by atoms with van der Waals surface area (Å²) in [6, 6.07) is 8.93. The molecule has 1 rings (SSSR count). The summed E-state index contributed by atoms with van der Waals surface area (Å²) in [6.07, 6.45) is 0. The first-order valence-corrected chi connectivity index (χ1v) is 5.16. The summed E-state index contributed by atoms with van der Waals surface area (Å²) < 4.78 is 0. The molecule has 0 amide bonds. The number of nitrogens with zero attached hydrogens (tertiary/aromatic N) is 1. The van der Waals surface area contributed by atoms with E-state index in [1.165, 1.54) is 11.3 Å². The van der Waals surface area contributed by atoms with Gasteiger partial charge in [0.05, 0.1) is 0 Å². The highest BCUT2D eigenvalue weighted by molar-refractivity contribution is 5.53. The van der Waals surface area contributed by atoms with Gasteiger partial charge < -0.3 is 10.2 Å². The van der Waals surface area contributed by atoms with Crippen LogP contribution in [0.1, 0.15) is 25.5 Å². The van der Waals surface area contributed by atoms with Crippen molar-refractivity contribution in [1.82, 2.24) is 5.32 Å². The van der Waals surface area contributed by atoms with Crippen LogP contribution in [0.2, 0.25) is 0 Å². The fourth-order valence-corrected chi connectivity index (χ4v) is 1.68. The lowest BCUT2D eigenvalue weighted by molar-refractivity contribution is 0.598. The van der Waals surface area contributed by atoms with Crippen LogP contribution < -0.4 is 10.2 Å². The number of hydrogen-bond donors (Lipinski definition) is 1. The van der Waals surface area contributed by atoms with Crippen LogP contribution in [-0.2, 0) is 0 Å². The molecule has 0 saturated heterocycles. The summed E-state index contributed by atoms with van der Waals surface area (Å²) in [6.45, 7) is 5.34. The van der Waals surface area contributed by atoms with Gasteiger partial charge in [-0.2, -0.15) is 0 Å². The number of nitrogens with one attached hydrogen (secondary N) is 1. The Morgan fingerprint density at radius 3 is 2.50 bits per heavy atom. The summed E-state index contributed by atoms with van der Waals surface area (Å²) in [5.41, 5.74) is 2.65. The molecule has 0 aliphatic carbocycles. The molecular formula is C12H20N2. The van der Waals surface area contributed by atoms with Gasteiger partial charge in [-0.3, -0.25) is 0 Å². The SMILES string of the molecule is CCNC(C)c1ccccc1N(C)C. The van der Waals surface area contributed by atoms with Crippen molar-refractivity contribution in [2.45, 2.75) is 19.9 Å². The molecule has 1 N–H and O–H groups in total. The van der Waals surface area contributed by atoms with E-state index in [9.17, 15) is 0 Å². The summed E-state index contributed by atoms with van der Waals surface area (Å²) >= 11 is 0. The minimum absolute atomic E-state index is 0.415. The van der Waals surface area contributed by atoms with Crippen LogP contribution in [0.3, 0.4) is 0 Å². The molecule has 0 spiro atoms. The normalized spacial score (nSPS) is 12.6. The summed E-state index contributed by atoms with van der Waals surface area (Å²) in [4.78, 5) is 2.16. The van der Waals surface area contributed by atoms with E-state index in [0.29, 0.717) is 6.04 Å². The van der Waals surface area contributed by atoms with E-state index in [1.54, 1.807) is 0 Å². The third kappa shape index (κ3) is 2.48. The molecule has 0 aromatic heterocycles. The lowest BCUT2D eigenvalue weighted by Gasteiger charge is -2.21. The predicted molar refractivity (Wildman–Crippen MR) is 62.9 cm³/mol. The van der Waals surface area contributed by atoms with Crippen molar-refractivity contribution in [2.75, 3.05) is 25.5 Å². The second-order valence-electron chi connectivity index (χ2n) is 3.73. The van der Waals surface area contributed by atoms with Crippen LogP contribution in [0.25, 0.3) is 0 Å². The summed E-state index contributed by atoms with van der Waals surface area (Å²) in [7, 11) is 4.16. The van der Waals surface area contributed by atoms with Gasteiger partial charge in [-0.1, -0.05) is 25.1 Å². The third-order valence-electron chi connectivity index (χ3n) is 2.40. The van der Waals surface area contributed by atoms with Crippen LogP contribution in [0.5, 0.6) is 0 Å². The third-order valence-corrected chi connectivity index (χ3v) is 2.40. The molecule has 2 nitrogen and oxygen atoms in total. The predicted octanol–water partition coefficient (Wildman–Crippen LogP) is 2.42. The van der Waals surface area contributed by atoms with Crippen molar-refractivity contribution in [3.63, 3.8) is 0 Å². The van der Waals surface area contributed by atoms with Crippen molar-refractivity contribution in [3.8, 4) is 0 Å². The molecule has 1 unspecified atom stereocenters. The quantitative estimate of drug-likeness (QED) is 0.788. The topological polar surface area (TPSA) is 15.3 Å². The highest BCUT2D eigenvalue weighted by Crippen LogP contribution is 2.24. The van der Waals surface area contributed by atoms with Crippen molar-refractivity contribution in [2.24, 2.45) is 0 Å². The fraction of sp³-hybridized carbons (Fsp3) is 0.500. The molecule has 2 heteroatoms. The van der Waals surface area contributed by atoms with Crippen LogP contribution in [0.15, 0.2) is 24.3 Å². The molecule has 0 saturated carbocycles. The van der Waals surface area contributed by atoms with Crippen LogP contribution in [-0.4, -0.2) is 20.6 Å². The molecule has 1 atom stereocenters. The zero-order chi connectivity index (χ0) is 10.6. The van der Waals surface area contributed by atoms with Gasteiger partial charge in [0.25, 0.3) is 0 Å². The Morgan fingerprint density at radius 1 is 1.29 bits per heavy atom. The van der Waals surface area contributed by atoms with Crippen molar-refractivity contribution < 1.29 is 0 Å². The first-order chi connectivity index (χ1) is 6.66. The van der Waals surface area contributed by atoms with Gasteiger partial charge in [0.15, 0.2) is 0 Å². The molecule has 0 bridgehead atoms. The highest BCUT2D eigenvalue weighted by atomic mass is 15.1. The molecular weight excluding hydrogens is 172 g/mol. The number of rotatable bonds is 4. The first kappa shape index (κ1) is 11.1.